The molecular formula is C17H27N3O. The molecule has 4 heteroatoms. The summed E-state index contributed by atoms with van der Waals surface area (Å²) in [5.41, 5.74) is 1.21. The van der Waals surface area contributed by atoms with Gasteiger partial charge in [0.1, 0.15) is 11.9 Å². The monoisotopic (exact) mass is 289 g/mol. The molecule has 0 bridgehead atoms. The van der Waals surface area contributed by atoms with E-state index in [-0.39, 0.29) is 6.10 Å². The Kier molecular flexibility index (Phi) is 5.90. The van der Waals surface area contributed by atoms with Crippen molar-refractivity contribution in [3.8, 4) is 5.75 Å². The standard InChI is InChI=1S/C17H27N3O/c1-13-5-4-6-16(11-13)21-14(2)12-20-17(18-3)19-10-9-15-7-8-15/h4-6,11,14-15H,7-10,12H2,1-3H3,(H2,18,19,20). The quantitative estimate of drug-likeness (QED) is 0.599. The number of aryl methyl sites for hydroxylation is 1. The maximum absolute atomic E-state index is 5.90. The Morgan fingerprint density at radius 1 is 1.38 bits per heavy atom. The number of nitrogens with one attached hydrogen (secondary N) is 2. The maximum atomic E-state index is 5.90. The fourth-order valence-electron chi connectivity index (χ4n) is 2.22. The smallest absolute Gasteiger partial charge is 0.191 e. The van der Waals surface area contributed by atoms with Gasteiger partial charge < -0.3 is 15.4 Å². The molecule has 1 fully saturated rings. The van der Waals surface area contributed by atoms with Crippen LogP contribution < -0.4 is 15.4 Å². The van der Waals surface area contributed by atoms with Gasteiger partial charge in [-0.1, -0.05) is 25.0 Å². The molecule has 4 nitrogen and oxygen atoms in total. The van der Waals surface area contributed by atoms with E-state index in [1.165, 1.54) is 24.8 Å². The molecule has 0 heterocycles. The summed E-state index contributed by atoms with van der Waals surface area (Å²) in [5.74, 6) is 2.72. The van der Waals surface area contributed by atoms with Crippen LogP contribution in [-0.4, -0.2) is 32.2 Å². The predicted molar refractivity (Wildman–Crippen MR) is 88.0 cm³/mol. The average Bonchev–Trinajstić information content (AvgIpc) is 3.26. The molecule has 116 valence electrons. The van der Waals surface area contributed by atoms with Crippen molar-refractivity contribution in [1.82, 2.24) is 10.6 Å². The van der Waals surface area contributed by atoms with Gasteiger partial charge in [0.25, 0.3) is 0 Å². The summed E-state index contributed by atoms with van der Waals surface area (Å²) < 4.78 is 5.90. The molecule has 1 atom stereocenters. The molecule has 21 heavy (non-hydrogen) atoms. The van der Waals surface area contributed by atoms with Gasteiger partial charge in [0.2, 0.25) is 0 Å². The van der Waals surface area contributed by atoms with Crippen LogP contribution in [0, 0.1) is 12.8 Å². The highest BCUT2D eigenvalue weighted by molar-refractivity contribution is 5.79. The van der Waals surface area contributed by atoms with Gasteiger partial charge in [-0.05, 0) is 43.9 Å². The SMILES string of the molecule is CN=C(NCCC1CC1)NCC(C)Oc1cccc(C)c1. The summed E-state index contributed by atoms with van der Waals surface area (Å²) in [6, 6.07) is 8.13. The maximum Gasteiger partial charge on any atom is 0.191 e. The van der Waals surface area contributed by atoms with E-state index in [4.69, 9.17) is 4.74 Å². The van der Waals surface area contributed by atoms with Crippen LogP contribution in [0.4, 0.5) is 0 Å². The fraction of sp³-hybridized carbons (Fsp3) is 0.588. The molecule has 1 saturated carbocycles. The minimum absolute atomic E-state index is 0.0915. The lowest BCUT2D eigenvalue weighted by molar-refractivity contribution is 0.223. The third-order valence-corrected chi connectivity index (χ3v) is 3.65. The second kappa shape index (κ2) is 7.91. The largest absolute Gasteiger partial charge is 0.489 e. The second-order valence-electron chi connectivity index (χ2n) is 5.86. The van der Waals surface area contributed by atoms with E-state index in [1.54, 1.807) is 7.05 Å². The molecule has 0 saturated heterocycles. The number of ether oxygens (including phenoxy) is 1. The zero-order valence-electron chi connectivity index (χ0n) is 13.4. The molecule has 0 spiro atoms. The minimum atomic E-state index is 0.0915. The van der Waals surface area contributed by atoms with Gasteiger partial charge in [0.15, 0.2) is 5.96 Å². The summed E-state index contributed by atoms with van der Waals surface area (Å²) in [4.78, 5) is 4.24. The molecule has 1 aliphatic rings. The summed E-state index contributed by atoms with van der Waals surface area (Å²) in [6.07, 6.45) is 4.13. The highest BCUT2D eigenvalue weighted by Gasteiger charge is 2.20. The van der Waals surface area contributed by atoms with Gasteiger partial charge in [-0.15, -0.1) is 0 Å². The summed E-state index contributed by atoms with van der Waals surface area (Å²) in [7, 11) is 1.80. The van der Waals surface area contributed by atoms with Gasteiger partial charge >= 0.3 is 0 Å². The third-order valence-electron chi connectivity index (χ3n) is 3.65. The van der Waals surface area contributed by atoms with Crippen LogP contribution in [-0.2, 0) is 0 Å². The van der Waals surface area contributed by atoms with Gasteiger partial charge in [-0.3, -0.25) is 4.99 Å². The van der Waals surface area contributed by atoms with Crippen LogP contribution in [0.3, 0.4) is 0 Å². The molecule has 0 amide bonds. The normalized spacial score (nSPS) is 16.4. The highest BCUT2D eigenvalue weighted by atomic mass is 16.5. The first-order valence-corrected chi connectivity index (χ1v) is 7.85. The van der Waals surface area contributed by atoms with Crippen molar-refractivity contribution in [2.24, 2.45) is 10.9 Å². The van der Waals surface area contributed by atoms with Crippen molar-refractivity contribution in [2.45, 2.75) is 39.2 Å². The van der Waals surface area contributed by atoms with E-state index in [2.05, 4.69) is 41.6 Å². The molecule has 1 aromatic rings. The zero-order valence-corrected chi connectivity index (χ0v) is 13.4. The van der Waals surface area contributed by atoms with Crippen LogP contribution in [0.2, 0.25) is 0 Å². The first-order chi connectivity index (χ1) is 10.2. The number of benzene rings is 1. The molecule has 0 aliphatic heterocycles. The fourth-order valence-corrected chi connectivity index (χ4v) is 2.22. The average molecular weight is 289 g/mol. The molecule has 1 unspecified atom stereocenters. The van der Waals surface area contributed by atoms with Crippen LogP contribution in [0.15, 0.2) is 29.3 Å². The Bertz CT molecular complexity index is 469. The minimum Gasteiger partial charge on any atom is -0.489 e. The summed E-state index contributed by atoms with van der Waals surface area (Å²) >= 11 is 0. The van der Waals surface area contributed by atoms with E-state index in [1.807, 2.05) is 12.1 Å². The summed E-state index contributed by atoms with van der Waals surface area (Å²) in [5, 5.41) is 6.66. The second-order valence-corrected chi connectivity index (χ2v) is 5.86. The van der Waals surface area contributed by atoms with Crippen LogP contribution in [0.1, 0.15) is 31.7 Å². The van der Waals surface area contributed by atoms with E-state index >= 15 is 0 Å². The van der Waals surface area contributed by atoms with Gasteiger partial charge in [0.05, 0.1) is 6.54 Å². The Balaban J connectivity index is 1.67. The lowest BCUT2D eigenvalue weighted by atomic mass is 10.2. The number of guanidine groups is 1. The molecule has 0 aromatic heterocycles. The van der Waals surface area contributed by atoms with Gasteiger partial charge in [0, 0.05) is 13.6 Å². The van der Waals surface area contributed by atoms with Crippen molar-refractivity contribution < 1.29 is 4.74 Å². The Labute approximate surface area is 128 Å². The van der Waals surface area contributed by atoms with Crippen LogP contribution >= 0.6 is 0 Å². The number of rotatable bonds is 7. The number of nitrogens with zero attached hydrogens (tertiary/aromatic N) is 1. The predicted octanol–water partition coefficient (Wildman–Crippen LogP) is 2.73. The van der Waals surface area contributed by atoms with Crippen LogP contribution in [0.25, 0.3) is 0 Å². The Hall–Kier alpha value is -1.71. The first kappa shape index (κ1) is 15.7. The van der Waals surface area contributed by atoms with Gasteiger partial charge in [-0.25, -0.2) is 0 Å². The Morgan fingerprint density at radius 3 is 2.86 bits per heavy atom. The van der Waals surface area contributed by atoms with E-state index in [0.29, 0.717) is 0 Å². The van der Waals surface area contributed by atoms with Crippen molar-refractivity contribution in [1.29, 1.82) is 0 Å². The van der Waals surface area contributed by atoms with Crippen LogP contribution in [0.5, 0.6) is 5.75 Å². The highest BCUT2D eigenvalue weighted by Crippen LogP contribution is 2.31. The molecule has 2 N–H and O–H groups in total. The van der Waals surface area contributed by atoms with Gasteiger partial charge in [-0.2, -0.15) is 0 Å². The van der Waals surface area contributed by atoms with Crippen molar-refractivity contribution in [3.63, 3.8) is 0 Å². The topological polar surface area (TPSA) is 45.7 Å². The van der Waals surface area contributed by atoms with Crippen molar-refractivity contribution in [3.05, 3.63) is 29.8 Å². The summed E-state index contributed by atoms with van der Waals surface area (Å²) in [6.45, 7) is 5.86. The molecular weight excluding hydrogens is 262 g/mol. The number of hydrogen-bond acceptors (Lipinski definition) is 2. The van der Waals surface area contributed by atoms with E-state index in [9.17, 15) is 0 Å². The molecule has 2 rings (SSSR count). The lowest BCUT2D eigenvalue weighted by Crippen LogP contribution is -2.42. The lowest BCUT2D eigenvalue weighted by Gasteiger charge is -2.18. The van der Waals surface area contributed by atoms with Crippen molar-refractivity contribution >= 4 is 5.96 Å². The number of hydrogen-bond donors (Lipinski definition) is 2. The van der Waals surface area contributed by atoms with Crippen molar-refractivity contribution in [2.75, 3.05) is 20.1 Å². The van der Waals surface area contributed by atoms with E-state index < -0.39 is 0 Å². The molecule has 0 radical (unpaired) electrons. The third kappa shape index (κ3) is 6.06. The Morgan fingerprint density at radius 2 is 2.19 bits per heavy atom. The molecule has 1 aromatic carbocycles. The van der Waals surface area contributed by atoms with E-state index in [0.717, 1.165) is 30.7 Å². The zero-order chi connectivity index (χ0) is 15.1. The molecule has 1 aliphatic carbocycles. The first-order valence-electron chi connectivity index (χ1n) is 7.85. The number of aliphatic imine (C=N–C) groups is 1.